The zero-order chi connectivity index (χ0) is 19.8. The molecule has 0 aliphatic heterocycles. The molecule has 0 saturated carbocycles. The van der Waals surface area contributed by atoms with Crippen LogP contribution in [0.2, 0.25) is 0 Å². The number of benzene rings is 2. The zero-order valence-corrected chi connectivity index (χ0v) is 16.4. The van der Waals surface area contributed by atoms with E-state index in [1.165, 1.54) is 12.1 Å². The minimum absolute atomic E-state index is 0.242. The standard InChI is InChI=1S/C22H27FN4O/c1-17(2)28-14-6-13-24-15-21-22(19-7-4-3-5-8-19)26-27(25-21)16-18-9-11-20(23)12-10-18/h3-5,7-12,17,24H,6,13-16H2,1-2H3. The molecule has 1 N–H and O–H groups in total. The minimum atomic E-state index is -0.242. The van der Waals surface area contributed by atoms with E-state index in [0.717, 1.165) is 42.1 Å². The number of hydrogen-bond donors (Lipinski definition) is 1. The van der Waals surface area contributed by atoms with Gasteiger partial charge in [0.25, 0.3) is 0 Å². The molecule has 1 heterocycles. The Balaban J connectivity index is 1.68. The lowest BCUT2D eigenvalue weighted by Gasteiger charge is -2.07. The number of ether oxygens (including phenoxy) is 1. The molecule has 3 aromatic rings. The number of nitrogens with one attached hydrogen (secondary N) is 1. The molecule has 5 nitrogen and oxygen atoms in total. The maximum atomic E-state index is 13.1. The van der Waals surface area contributed by atoms with Crippen molar-refractivity contribution < 1.29 is 9.13 Å². The highest BCUT2D eigenvalue weighted by atomic mass is 19.1. The first-order valence-electron chi connectivity index (χ1n) is 9.68. The van der Waals surface area contributed by atoms with Gasteiger partial charge in [-0.15, -0.1) is 0 Å². The topological polar surface area (TPSA) is 52.0 Å². The van der Waals surface area contributed by atoms with Crippen molar-refractivity contribution in [3.05, 3.63) is 71.7 Å². The molecule has 0 fully saturated rings. The van der Waals surface area contributed by atoms with Gasteiger partial charge in [-0.2, -0.15) is 15.0 Å². The lowest BCUT2D eigenvalue weighted by Crippen LogP contribution is -2.18. The van der Waals surface area contributed by atoms with Crippen LogP contribution in [-0.2, 0) is 17.8 Å². The van der Waals surface area contributed by atoms with E-state index >= 15 is 0 Å². The smallest absolute Gasteiger partial charge is 0.123 e. The highest BCUT2D eigenvalue weighted by Crippen LogP contribution is 2.20. The third kappa shape index (κ3) is 5.97. The van der Waals surface area contributed by atoms with E-state index in [0.29, 0.717) is 13.1 Å². The van der Waals surface area contributed by atoms with Gasteiger partial charge in [-0.1, -0.05) is 42.5 Å². The van der Waals surface area contributed by atoms with Crippen LogP contribution in [0.4, 0.5) is 4.39 Å². The summed E-state index contributed by atoms with van der Waals surface area (Å²) in [6, 6.07) is 16.5. The first-order chi connectivity index (χ1) is 13.6. The molecule has 0 saturated heterocycles. The molecule has 0 unspecified atom stereocenters. The van der Waals surface area contributed by atoms with Crippen LogP contribution < -0.4 is 5.32 Å². The van der Waals surface area contributed by atoms with Crippen molar-refractivity contribution in [1.82, 2.24) is 20.3 Å². The number of hydrogen-bond acceptors (Lipinski definition) is 4. The highest BCUT2D eigenvalue weighted by Gasteiger charge is 2.13. The summed E-state index contributed by atoms with van der Waals surface area (Å²) < 4.78 is 18.7. The summed E-state index contributed by atoms with van der Waals surface area (Å²) >= 11 is 0. The predicted octanol–water partition coefficient (Wildman–Crippen LogP) is 4.04. The van der Waals surface area contributed by atoms with Gasteiger partial charge in [0.15, 0.2) is 0 Å². The first-order valence-corrected chi connectivity index (χ1v) is 9.68. The van der Waals surface area contributed by atoms with Crippen molar-refractivity contribution in [2.75, 3.05) is 13.2 Å². The molecule has 0 aliphatic carbocycles. The zero-order valence-electron chi connectivity index (χ0n) is 16.4. The molecule has 28 heavy (non-hydrogen) atoms. The van der Waals surface area contributed by atoms with Crippen molar-refractivity contribution in [3.63, 3.8) is 0 Å². The van der Waals surface area contributed by atoms with Gasteiger partial charge in [0.05, 0.1) is 12.6 Å². The van der Waals surface area contributed by atoms with E-state index in [-0.39, 0.29) is 11.9 Å². The van der Waals surface area contributed by atoms with Crippen LogP contribution >= 0.6 is 0 Å². The van der Waals surface area contributed by atoms with E-state index in [4.69, 9.17) is 4.74 Å². The van der Waals surface area contributed by atoms with Gasteiger partial charge in [-0.3, -0.25) is 0 Å². The summed E-state index contributed by atoms with van der Waals surface area (Å²) in [6.45, 7) is 6.81. The Morgan fingerprint density at radius 1 is 1.04 bits per heavy atom. The summed E-state index contributed by atoms with van der Waals surface area (Å²) in [5.74, 6) is -0.242. The molecule has 0 atom stereocenters. The first kappa shape index (κ1) is 20.2. The molecule has 2 aromatic carbocycles. The third-order valence-electron chi connectivity index (χ3n) is 4.25. The highest BCUT2D eigenvalue weighted by molar-refractivity contribution is 5.60. The van der Waals surface area contributed by atoms with E-state index < -0.39 is 0 Å². The third-order valence-corrected chi connectivity index (χ3v) is 4.25. The molecule has 0 radical (unpaired) electrons. The van der Waals surface area contributed by atoms with Crippen LogP contribution in [0.15, 0.2) is 54.6 Å². The van der Waals surface area contributed by atoms with Gasteiger partial charge in [-0.05, 0) is 44.5 Å². The van der Waals surface area contributed by atoms with Gasteiger partial charge < -0.3 is 10.1 Å². The molecule has 0 aliphatic rings. The van der Waals surface area contributed by atoms with E-state index in [1.54, 1.807) is 16.9 Å². The monoisotopic (exact) mass is 382 g/mol. The normalized spacial score (nSPS) is 11.3. The fourth-order valence-electron chi connectivity index (χ4n) is 2.87. The Bertz CT molecular complexity index is 847. The Labute approximate surface area is 165 Å². The molecule has 6 heteroatoms. The maximum Gasteiger partial charge on any atom is 0.123 e. The average Bonchev–Trinajstić information content (AvgIpc) is 3.09. The maximum absolute atomic E-state index is 13.1. The fourth-order valence-corrected chi connectivity index (χ4v) is 2.87. The number of nitrogens with zero attached hydrogens (tertiary/aromatic N) is 3. The summed E-state index contributed by atoms with van der Waals surface area (Å²) in [4.78, 5) is 1.68. The van der Waals surface area contributed by atoms with Crippen LogP contribution in [0.5, 0.6) is 0 Å². The Hall–Kier alpha value is -2.57. The van der Waals surface area contributed by atoms with E-state index in [1.807, 2.05) is 44.2 Å². The van der Waals surface area contributed by atoms with E-state index in [2.05, 4.69) is 15.5 Å². The molecule has 1 aromatic heterocycles. The van der Waals surface area contributed by atoms with Crippen molar-refractivity contribution in [3.8, 4) is 11.3 Å². The van der Waals surface area contributed by atoms with Gasteiger partial charge >= 0.3 is 0 Å². The van der Waals surface area contributed by atoms with Gasteiger partial charge in [0, 0.05) is 18.7 Å². The summed E-state index contributed by atoms with van der Waals surface area (Å²) in [6.07, 6.45) is 1.21. The molecule has 0 bridgehead atoms. The predicted molar refractivity (Wildman–Crippen MR) is 108 cm³/mol. The van der Waals surface area contributed by atoms with Crippen LogP contribution in [0, 0.1) is 5.82 Å². The quantitative estimate of drug-likeness (QED) is 0.538. The van der Waals surface area contributed by atoms with Crippen molar-refractivity contribution in [2.24, 2.45) is 0 Å². The summed E-state index contributed by atoms with van der Waals surface area (Å²) in [5, 5.41) is 12.8. The van der Waals surface area contributed by atoms with Crippen molar-refractivity contribution >= 4 is 0 Å². The van der Waals surface area contributed by atoms with Gasteiger partial charge in [0.1, 0.15) is 17.2 Å². The molecule has 0 spiro atoms. The molecular formula is C22H27FN4O. The van der Waals surface area contributed by atoms with Crippen LogP contribution in [0.3, 0.4) is 0 Å². The molecule has 3 rings (SSSR count). The summed E-state index contributed by atoms with van der Waals surface area (Å²) in [5.41, 5.74) is 3.76. The SMILES string of the molecule is CC(C)OCCCNCc1nn(Cc2ccc(F)cc2)nc1-c1ccccc1. The Morgan fingerprint density at radius 2 is 1.79 bits per heavy atom. The van der Waals surface area contributed by atoms with Gasteiger partial charge in [-0.25, -0.2) is 4.39 Å². The lowest BCUT2D eigenvalue weighted by molar-refractivity contribution is 0.0770. The number of aromatic nitrogens is 3. The minimum Gasteiger partial charge on any atom is -0.379 e. The van der Waals surface area contributed by atoms with Crippen molar-refractivity contribution in [2.45, 2.75) is 39.5 Å². The largest absolute Gasteiger partial charge is 0.379 e. The second-order valence-corrected chi connectivity index (χ2v) is 6.97. The lowest BCUT2D eigenvalue weighted by atomic mass is 10.1. The summed E-state index contributed by atoms with van der Waals surface area (Å²) in [7, 11) is 0. The Morgan fingerprint density at radius 3 is 2.50 bits per heavy atom. The Kier molecular flexibility index (Phi) is 7.28. The second-order valence-electron chi connectivity index (χ2n) is 6.97. The van der Waals surface area contributed by atoms with Crippen molar-refractivity contribution in [1.29, 1.82) is 0 Å². The van der Waals surface area contributed by atoms with Crippen LogP contribution in [0.25, 0.3) is 11.3 Å². The van der Waals surface area contributed by atoms with Crippen LogP contribution in [0.1, 0.15) is 31.5 Å². The van der Waals surface area contributed by atoms with Crippen LogP contribution in [-0.4, -0.2) is 34.2 Å². The second kappa shape index (κ2) is 10.1. The fraction of sp³-hybridized carbons (Fsp3) is 0.364. The molecular weight excluding hydrogens is 355 g/mol. The number of rotatable bonds is 10. The average molecular weight is 382 g/mol. The molecule has 148 valence electrons. The number of halogens is 1. The van der Waals surface area contributed by atoms with Gasteiger partial charge in [0.2, 0.25) is 0 Å². The van der Waals surface area contributed by atoms with E-state index in [9.17, 15) is 4.39 Å². The molecule has 0 amide bonds.